The van der Waals surface area contributed by atoms with Crippen LogP contribution in [0.2, 0.25) is 0 Å². The highest BCUT2D eigenvalue weighted by atomic mass is 35.5. The van der Waals surface area contributed by atoms with Crippen LogP contribution in [0.3, 0.4) is 0 Å². The molecule has 0 fully saturated rings. The van der Waals surface area contributed by atoms with E-state index in [-0.39, 0.29) is 24.4 Å². The number of nitrogens with one attached hydrogen (secondary N) is 1. The van der Waals surface area contributed by atoms with Gasteiger partial charge in [0.1, 0.15) is 0 Å². The number of hydrogen-bond donors (Lipinski definition) is 2. The van der Waals surface area contributed by atoms with Crippen molar-refractivity contribution < 1.29 is 4.79 Å². The highest BCUT2D eigenvalue weighted by molar-refractivity contribution is 7.99. The molecular formula is C14H21ClN2OS. The zero-order chi connectivity index (χ0) is 13.0. The molecule has 3 N–H and O–H groups in total. The molecule has 0 spiro atoms. The maximum atomic E-state index is 11.6. The lowest BCUT2D eigenvalue weighted by atomic mass is 10.0. The van der Waals surface area contributed by atoms with E-state index in [0.29, 0.717) is 18.2 Å². The number of nitrogens with two attached hydrogens (primary N) is 1. The highest BCUT2D eigenvalue weighted by Gasteiger charge is 2.20. The largest absolute Gasteiger partial charge is 0.355 e. The number of rotatable bonds is 4. The van der Waals surface area contributed by atoms with Gasteiger partial charge < -0.3 is 11.1 Å². The highest BCUT2D eigenvalue weighted by Crippen LogP contribution is 2.35. The number of benzene rings is 1. The van der Waals surface area contributed by atoms with Crippen molar-refractivity contribution >= 4 is 30.1 Å². The van der Waals surface area contributed by atoms with E-state index in [2.05, 4.69) is 29.6 Å². The Labute approximate surface area is 125 Å². The number of carbonyl (C=O) groups is 1. The summed E-state index contributed by atoms with van der Waals surface area (Å²) in [6.07, 6.45) is 1.53. The van der Waals surface area contributed by atoms with E-state index in [0.717, 1.165) is 12.2 Å². The molecule has 1 heterocycles. The number of amides is 1. The molecule has 5 heteroatoms. The van der Waals surface area contributed by atoms with E-state index in [9.17, 15) is 4.79 Å². The fourth-order valence-corrected chi connectivity index (χ4v) is 3.45. The first-order valence-corrected chi connectivity index (χ1v) is 7.43. The second kappa shape index (κ2) is 7.78. The normalized spacial score (nSPS) is 18.9. The summed E-state index contributed by atoms with van der Waals surface area (Å²) in [5.74, 6) is 1.18. The monoisotopic (exact) mass is 300 g/mol. The van der Waals surface area contributed by atoms with E-state index in [4.69, 9.17) is 5.73 Å². The predicted octanol–water partition coefficient (Wildman–Crippen LogP) is 2.29. The minimum Gasteiger partial charge on any atom is -0.355 e. The number of hydrogen-bond acceptors (Lipinski definition) is 3. The van der Waals surface area contributed by atoms with E-state index < -0.39 is 0 Å². The molecular weight excluding hydrogens is 280 g/mol. The molecule has 1 aromatic carbocycles. The topological polar surface area (TPSA) is 55.1 Å². The number of thioether (sulfide) groups is 1. The van der Waals surface area contributed by atoms with E-state index >= 15 is 0 Å². The van der Waals surface area contributed by atoms with Crippen molar-refractivity contribution in [2.45, 2.75) is 31.1 Å². The standard InChI is InChI=1S/C14H20N2OS.ClH/c1-10(15)8-14(17)16-9-13-12-5-3-2-4-11(12)6-7-18-13;/h2-5,10,13H,6-9,15H2,1H3,(H,16,17);1H. The van der Waals surface area contributed by atoms with Crippen LogP contribution in [0.4, 0.5) is 0 Å². The van der Waals surface area contributed by atoms with Crippen molar-refractivity contribution in [3.05, 3.63) is 35.4 Å². The Morgan fingerprint density at radius 1 is 1.53 bits per heavy atom. The first-order chi connectivity index (χ1) is 8.66. The van der Waals surface area contributed by atoms with Gasteiger partial charge in [-0.2, -0.15) is 11.8 Å². The minimum absolute atomic E-state index is 0. The summed E-state index contributed by atoms with van der Waals surface area (Å²) in [4.78, 5) is 11.6. The van der Waals surface area contributed by atoms with E-state index in [1.807, 2.05) is 18.7 Å². The second-order valence-electron chi connectivity index (χ2n) is 4.79. The van der Waals surface area contributed by atoms with Crippen LogP contribution in [0.25, 0.3) is 0 Å². The lowest BCUT2D eigenvalue weighted by Gasteiger charge is -2.25. The summed E-state index contributed by atoms with van der Waals surface area (Å²) in [6.45, 7) is 2.55. The van der Waals surface area contributed by atoms with Gasteiger partial charge in [0, 0.05) is 24.3 Å². The molecule has 0 saturated carbocycles. The van der Waals surface area contributed by atoms with Crippen molar-refractivity contribution in [3.8, 4) is 0 Å². The van der Waals surface area contributed by atoms with Gasteiger partial charge in [0.2, 0.25) is 5.91 Å². The average molecular weight is 301 g/mol. The first kappa shape index (κ1) is 16.3. The number of aryl methyl sites for hydroxylation is 1. The molecule has 19 heavy (non-hydrogen) atoms. The van der Waals surface area contributed by atoms with Crippen LogP contribution in [0.1, 0.15) is 29.7 Å². The van der Waals surface area contributed by atoms with Crippen molar-refractivity contribution in [3.63, 3.8) is 0 Å². The molecule has 1 aliphatic rings. The van der Waals surface area contributed by atoms with Crippen LogP contribution in [0.15, 0.2) is 24.3 Å². The Balaban J connectivity index is 0.00000180. The maximum Gasteiger partial charge on any atom is 0.221 e. The lowest BCUT2D eigenvalue weighted by Crippen LogP contribution is -2.33. The van der Waals surface area contributed by atoms with Gasteiger partial charge in [-0.05, 0) is 30.2 Å². The Hall–Kier alpha value is -0.710. The molecule has 2 atom stereocenters. The van der Waals surface area contributed by atoms with Gasteiger partial charge >= 0.3 is 0 Å². The second-order valence-corrected chi connectivity index (χ2v) is 6.10. The predicted molar refractivity (Wildman–Crippen MR) is 83.9 cm³/mol. The van der Waals surface area contributed by atoms with Crippen LogP contribution in [0, 0.1) is 0 Å². The average Bonchev–Trinajstić information content (AvgIpc) is 2.35. The maximum absolute atomic E-state index is 11.6. The number of carbonyl (C=O) groups excluding carboxylic acids is 1. The van der Waals surface area contributed by atoms with Crippen LogP contribution in [0.5, 0.6) is 0 Å². The Morgan fingerprint density at radius 3 is 3.00 bits per heavy atom. The van der Waals surface area contributed by atoms with Gasteiger partial charge in [0.25, 0.3) is 0 Å². The van der Waals surface area contributed by atoms with Gasteiger partial charge in [-0.15, -0.1) is 12.4 Å². The molecule has 106 valence electrons. The molecule has 2 rings (SSSR count). The fraction of sp³-hybridized carbons (Fsp3) is 0.500. The molecule has 1 aromatic rings. The molecule has 0 aliphatic carbocycles. The van der Waals surface area contributed by atoms with Crippen molar-refractivity contribution in [2.24, 2.45) is 5.73 Å². The van der Waals surface area contributed by atoms with Gasteiger partial charge in [-0.1, -0.05) is 24.3 Å². The molecule has 2 unspecified atom stereocenters. The fourth-order valence-electron chi connectivity index (χ4n) is 2.22. The molecule has 0 aromatic heterocycles. The molecule has 0 saturated heterocycles. The Morgan fingerprint density at radius 2 is 2.26 bits per heavy atom. The van der Waals surface area contributed by atoms with Crippen LogP contribution >= 0.6 is 24.2 Å². The van der Waals surface area contributed by atoms with Gasteiger partial charge in [-0.25, -0.2) is 0 Å². The zero-order valence-corrected chi connectivity index (χ0v) is 12.7. The molecule has 1 amide bonds. The van der Waals surface area contributed by atoms with Crippen LogP contribution in [-0.4, -0.2) is 24.2 Å². The molecule has 1 aliphatic heterocycles. The summed E-state index contributed by atoms with van der Waals surface area (Å²) in [7, 11) is 0. The van der Waals surface area contributed by atoms with Gasteiger partial charge in [0.05, 0.1) is 0 Å². The van der Waals surface area contributed by atoms with Crippen LogP contribution < -0.4 is 11.1 Å². The number of fused-ring (bicyclic) bond motifs is 1. The third-order valence-corrected chi connectivity index (χ3v) is 4.35. The quantitative estimate of drug-likeness (QED) is 0.897. The lowest BCUT2D eigenvalue weighted by molar-refractivity contribution is -0.121. The van der Waals surface area contributed by atoms with Crippen molar-refractivity contribution in [1.29, 1.82) is 0 Å². The Bertz CT molecular complexity index is 426. The third kappa shape index (κ3) is 4.71. The first-order valence-electron chi connectivity index (χ1n) is 6.38. The summed E-state index contributed by atoms with van der Waals surface area (Å²) in [6, 6.07) is 8.44. The van der Waals surface area contributed by atoms with Crippen molar-refractivity contribution in [2.75, 3.05) is 12.3 Å². The van der Waals surface area contributed by atoms with Gasteiger partial charge in [0.15, 0.2) is 0 Å². The summed E-state index contributed by atoms with van der Waals surface area (Å²) in [5, 5.41) is 3.37. The summed E-state index contributed by atoms with van der Waals surface area (Å²) >= 11 is 1.92. The molecule has 0 radical (unpaired) electrons. The van der Waals surface area contributed by atoms with E-state index in [1.165, 1.54) is 11.1 Å². The summed E-state index contributed by atoms with van der Waals surface area (Å²) < 4.78 is 0. The molecule has 3 nitrogen and oxygen atoms in total. The number of halogens is 1. The van der Waals surface area contributed by atoms with Crippen LogP contribution in [-0.2, 0) is 11.2 Å². The van der Waals surface area contributed by atoms with Gasteiger partial charge in [-0.3, -0.25) is 4.79 Å². The third-order valence-electron chi connectivity index (χ3n) is 3.08. The summed E-state index contributed by atoms with van der Waals surface area (Å²) in [5.41, 5.74) is 8.40. The Kier molecular flexibility index (Phi) is 6.69. The minimum atomic E-state index is -0.0729. The smallest absolute Gasteiger partial charge is 0.221 e. The van der Waals surface area contributed by atoms with Crippen molar-refractivity contribution in [1.82, 2.24) is 5.32 Å². The SMILES string of the molecule is CC(N)CC(=O)NCC1SCCc2ccccc21.Cl. The molecule has 0 bridgehead atoms. The zero-order valence-electron chi connectivity index (χ0n) is 11.1. The van der Waals surface area contributed by atoms with E-state index in [1.54, 1.807) is 0 Å².